The van der Waals surface area contributed by atoms with Crippen LogP contribution < -0.4 is 19.5 Å². The molecule has 0 atom stereocenters. The van der Waals surface area contributed by atoms with Crippen molar-refractivity contribution in [1.29, 1.82) is 0 Å². The van der Waals surface area contributed by atoms with E-state index in [1.54, 1.807) is 77.9 Å². The van der Waals surface area contributed by atoms with Crippen molar-refractivity contribution in [3.05, 3.63) is 78.9 Å². The number of para-hydroxylation sites is 1. The molecule has 31 heavy (non-hydrogen) atoms. The van der Waals surface area contributed by atoms with Gasteiger partial charge < -0.3 is 19.5 Å². The SMILES string of the molecule is O=C(Nc1ccc(Oc2ccc(-n3ccnc3)nn2)cc1)c1cccc2c1OCCO2. The largest absolute Gasteiger partial charge is 0.486 e. The summed E-state index contributed by atoms with van der Waals surface area (Å²) in [5, 5.41) is 11.0. The van der Waals surface area contributed by atoms with E-state index in [2.05, 4.69) is 20.5 Å². The first-order valence-corrected chi connectivity index (χ1v) is 9.56. The number of carbonyl (C=O) groups is 1. The summed E-state index contributed by atoms with van der Waals surface area (Å²) >= 11 is 0. The maximum absolute atomic E-state index is 12.7. The third-order valence-corrected chi connectivity index (χ3v) is 4.54. The average molecular weight is 415 g/mol. The average Bonchev–Trinajstić information content (AvgIpc) is 3.35. The molecule has 2 aromatic carbocycles. The van der Waals surface area contributed by atoms with Crippen LogP contribution in [0.4, 0.5) is 5.69 Å². The molecule has 0 saturated heterocycles. The molecule has 1 aliphatic heterocycles. The minimum atomic E-state index is -0.281. The van der Waals surface area contributed by atoms with Crippen LogP contribution in [0, 0.1) is 0 Å². The number of carbonyl (C=O) groups excluding carboxylic acids is 1. The molecule has 0 unspecified atom stereocenters. The normalized spacial score (nSPS) is 12.3. The van der Waals surface area contributed by atoms with E-state index in [1.165, 1.54) is 0 Å². The minimum absolute atomic E-state index is 0.281. The molecular formula is C22H17N5O4. The van der Waals surface area contributed by atoms with Gasteiger partial charge in [0.15, 0.2) is 17.3 Å². The fourth-order valence-corrected chi connectivity index (χ4v) is 3.08. The number of rotatable bonds is 5. The summed E-state index contributed by atoms with van der Waals surface area (Å²) in [5.74, 6) is 2.31. The second-order valence-corrected chi connectivity index (χ2v) is 6.61. The van der Waals surface area contributed by atoms with Crippen molar-refractivity contribution in [2.75, 3.05) is 18.5 Å². The van der Waals surface area contributed by atoms with E-state index in [0.717, 1.165) is 0 Å². The number of benzene rings is 2. The monoisotopic (exact) mass is 415 g/mol. The van der Waals surface area contributed by atoms with Gasteiger partial charge in [0.2, 0.25) is 5.88 Å². The maximum atomic E-state index is 12.7. The van der Waals surface area contributed by atoms with Gasteiger partial charge in [0, 0.05) is 24.1 Å². The van der Waals surface area contributed by atoms with Gasteiger partial charge in [-0.1, -0.05) is 6.07 Å². The molecule has 2 aromatic heterocycles. The predicted molar refractivity (Wildman–Crippen MR) is 111 cm³/mol. The molecule has 1 amide bonds. The van der Waals surface area contributed by atoms with Crippen LogP contribution in [0.25, 0.3) is 5.82 Å². The smallest absolute Gasteiger partial charge is 0.259 e. The van der Waals surface area contributed by atoms with Crippen LogP contribution in [0.2, 0.25) is 0 Å². The van der Waals surface area contributed by atoms with Crippen molar-refractivity contribution in [2.24, 2.45) is 0 Å². The number of aromatic nitrogens is 4. The molecule has 0 fully saturated rings. The first kappa shape index (κ1) is 18.6. The van der Waals surface area contributed by atoms with Gasteiger partial charge in [-0.2, -0.15) is 0 Å². The topological polar surface area (TPSA) is 100 Å². The number of nitrogens with zero attached hydrogens (tertiary/aromatic N) is 4. The molecule has 0 bridgehead atoms. The summed E-state index contributed by atoms with van der Waals surface area (Å²) < 4.78 is 18.6. The van der Waals surface area contributed by atoms with Crippen LogP contribution >= 0.6 is 0 Å². The molecule has 9 heteroatoms. The second kappa shape index (κ2) is 8.15. The number of amides is 1. The van der Waals surface area contributed by atoms with Crippen LogP contribution in [-0.4, -0.2) is 38.9 Å². The number of fused-ring (bicyclic) bond motifs is 1. The Morgan fingerprint density at radius 1 is 1.00 bits per heavy atom. The summed E-state index contributed by atoms with van der Waals surface area (Å²) in [4.78, 5) is 16.7. The minimum Gasteiger partial charge on any atom is -0.486 e. The van der Waals surface area contributed by atoms with E-state index >= 15 is 0 Å². The third-order valence-electron chi connectivity index (χ3n) is 4.54. The number of anilines is 1. The first-order chi connectivity index (χ1) is 15.3. The van der Waals surface area contributed by atoms with Gasteiger partial charge in [-0.05, 0) is 42.5 Å². The number of imidazole rings is 1. The molecule has 1 N–H and O–H groups in total. The predicted octanol–water partition coefficient (Wildman–Crippen LogP) is 3.48. The Kier molecular flexibility index (Phi) is 4.89. The maximum Gasteiger partial charge on any atom is 0.259 e. The van der Waals surface area contributed by atoms with Gasteiger partial charge in [0.05, 0.1) is 5.56 Å². The van der Waals surface area contributed by atoms with E-state index in [0.29, 0.717) is 53.4 Å². The van der Waals surface area contributed by atoms with Gasteiger partial charge in [0.1, 0.15) is 25.3 Å². The Hall–Kier alpha value is -4.40. The Morgan fingerprint density at radius 2 is 1.87 bits per heavy atom. The van der Waals surface area contributed by atoms with Crippen LogP contribution in [-0.2, 0) is 0 Å². The molecule has 154 valence electrons. The van der Waals surface area contributed by atoms with Crippen molar-refractivity contribution >= 4 is 11.6 Å². The Morgan fingerprint density at radius 3 is 2.65 bits per heavy atom. The highest BCUT2D eigenvalue weighted by Gasteiger charge is 2.20. The molecule has 3 heterocycles. The van der Waals surface area contributed by atoms with E-state index in [1.807, 2.05) is 0 Å². The first-order valence-electron chi connectivity index (χ1n) is 9.56. The highest BCUT2D eigenvalue weighted by atomic mass is 16.6. The zero-order chi connectivity index (χ0) is 21.0. The van der Waals surface area contributed by atoms with Crippen molar-refractivity contribution < 1.29 is 19.0 Å². The third kappa shape index (κ3) is 4.01. The van der Waals surface area contributed by atoms with Crippen LogP contribution in [0.5, 0.6) is 23.1 Å². The highest BCUT2D eigenvalue weighted by molar-refractivity contribution is 6.06. The molecule has 0 radical (unpaired) electrons. The number of hydrogen-bond donors (Lipinski definition) is 1. The van der Waals surface area contributed by atoms with Gasteiger partial charge in [0.25, 0.3) is 5.91 Å². The lowest BCUT2D eigenvalue weighted by atomic mass is 10.1. The van der Waals surface area contributed by atoms with Crippen molar-refractivity contribution in [3.63, 3.8) is 0 Å². The lowest BCUT2D eigenvalue weighted by Gasteiger charge is -2.20. The van der Waals surface area contributed by atoms with Crippen molar-refractivity contribution in [3.8, 4) is 28.9 Å². The van der Waals surface area contributed by atoms with E-state index in [4.69, 9.17) is 14.2 Å². The Labute approximate surface area is 177 Å². The molecule has 0 saturated carbocycles. The summed E-state index contributed by atoms with van der Waals surface area (Å²) in [5.41, 5.74) is 1.04. The molecule has 0 aliphatic carbocycles. The van der Waals surface area contributed by atoms with E-state index in [9.17, 15) is 4.79 Å². The Bertz CT molecular complexity index is 1190. The molecule has 1 aliphatic rings. The molecule has 4 aromatic rings. The second-order valence-electron chi connectivity index (χ2n) is 6.61. The summed E-state index contributed by atoms with van der Waals surface area (Å²) in [6.07, 6.45) is 5.09. The Balaban J connectivity index is 1.25. The quantitative estimate of drug-likeness (QED) is 0.533. The molecule has 0 spiro atoms. The number of nitrogens with one attached hydrogen (secondary N) is 1. The summed E-state index contributed by atoms with van der Waals surface area (Å²) in [6, 6.07) is 15.7. The van der Waals surface area contributed by atoms with E-state index in [-0.39, 0.29) is 5.91 Å². The summed E-state index contributed by atoms with van der Waals surface area (Å²) in [6.45, 7) is 0.881. The van der Waals surface area contributed by atoms with Crippen molar-refractivity contribution in [2.45, 2.75) is 0 Å². The van der Waals surface area contributed by atoms with Gasteiger partial charge in [-0.25, -0.2) is 4.98 Å². The van der Waals surface area contributed by atoms with Gasteiger partial charge in [-0.15, -0.1) is 10.2 Å². The van der Waals surface area contributed by atoms with Crippen molar-refractivity contribution in [1.82, 2.24) is 19.7 Å². The van der Waals surface area contributed by atoms with Crippen LogP contribution in [0.1, 0.15) is 10.4 Å². The van der Waals surface area contributed by atoms with Crippen LogP contribution in [0.3, 0.4) is 0 Å². The highest BCUT2D eigenvalue weighted by Crippen LogP contribution is 2.34. The molecular weight excluding hydrogens is 398 g/mol. The lowest BCUT2D eigenvalue weighted by molar-refractivity contribution is 0.101. The van der Waals surface area contributed by atoms with Gasteiger partial charge >= 0.3 is 0 Å². The zero-order valence-corrected chi connectivity index (χ0v) is 16.3. The van der Waals surface area contributed by atoms with Gasteiger partial charge in [-0.3, -0.25) is 9.36 Å². The summed E-state index contributed by atoms with van der Waals surface area (Å²) in [7, 11) is 0. The zero-order valence-electron chi connectivity index (χ0n) is 16.3. The van der Waals surface area contributed by atoms with E-state index < -0.39 is 0 Å². The number of ether oxygens (including phenoxy) is 3. The molecule has 9 nitrogen and oxygen atoms in total. The fraction of sp³-hybridized carbons (Fsp3) is 0.0909. The fourth-order valence-electron chi connectivity index (χ4n) is 3.08. The lowest BCUT2D eigenvalue weighted by Crippen LogP contribution is -2.20. The van der Waals surface area contributed by atoms with Crippen LogP contribution in [0.15, 0.2) is 73.3 Å². The number of hydrogen-bond acceptors (Lipinski definition) is 7. The molecule has 5 rings (SSSR count). The standard InChI is InChI=1S/C22H17N5O4/c28-22(17-2-1-3-18-21(17)30-13-12-29-18)24-15-4-6-16(7-5-15)31-20-9-8-19(25-26-20)27-11-10-23-14-27/h1-11,14H,12-13H2,(H,24,28).